The number of carbonyl (C=O) groups is 1. The number of fused-ring (bicyclic) bond motifs is 2. The van der Waals surface area contributed by atoms with Crippen molar-refractivity contribution in [1.82, 2.24) is 9.80 Å². The van der Waals surface area contributed by atoms with Crippen molar-refractivity contribution in [3.8, 4) is 17.2 Å². The number of carbonyl (C=O) groups excluding carboxylic acids is 1. The van der Waals surface area contributed by atoms with Crippen LogP contribution in [0.2, 0.25) is 10.0 Å². The van der Waals surface area contributed by atoms with Gasteiger partial charge in [0.15, 0.2) is 11.5 Å². The highest BCUT2D eigenvalue weighted by Gasteiger charge is 2.47. The lowest BCUT2D eigenvalue weighted by Crippen LogP contribution is -2.52. The molecule has 2 unspecified atom stereocenters. The standard InChI is InChI=1S/C41H46Cl2FN3O6S/c1-46(39(48)45-32-11-7-10-31(44)24-32)40(30-13-14-34(42)35(43)23-30,27-53-25-28-21-36(50-2)38(52-4)37(22-28)51-3)15-8-18-47-19-16-41(17-20-47)33-12-6-5-9-29(33)26-54(41)49/h5-7,9-14,21-24H,8,15-20,25-27H2,1-4H3,(H,45,48). The van der Waals surface area contributed by atoms with Gasteiger partial charge in [-0.1, -0.05) is 59.6 Å². The van der Waals surface area contributed by atoms with Crippen LogP contribution in [0.1, 0.15) is 47.9 Å². The second-order valence-electron chi connectivity index (χ2n) is 13.8. The fourth-order valence-electron chi connectivity index (χ4n) is 7.79. The number of hydrogen-bond acceptors (Lipinski definition) is 7. The predicted molar refractivity (Wildman–Crippen MR) is 212 cm³/mol. The quantitative estimate of drug-likeness (QED) is 0.137. The van der Waals surface area contributed by atoms with Crippen molar-refractivity contribution in [1.29, 1.82) is 0 Å². The minimum Gasteiger partial charge on any atom is -0.493 e. The summed E-state index contributed by atoms with van der Waals surface area (Å²) >= 11 is 13.0. The van der Waals surface area contributed by atoms with Crippen LogP contribution in [0.4, 0.5) is 14.9 Å². The van der Waals surface area contributed by atoms with Crippen LogP contribution in [-0.4, -0.2) is 74.7 Å². The average molecular weight is 799 g/mol. The fourth-order valence-corrected chi connectivity index (χ4v) is 9.98. The summed E-state index contributed by atoms with van der Waals surface area (Å²) in [6, 6.07) is 22.6. The van der Waals surface area contributed by atoms with Gasteiger partial charge in [-0.05, 0) is 110 Å². The normalized spacial score (nSPS) is 17.4. The van der Waals surface area contributed by atoms with Crippen LogP contribution in [-0.2, 0) is 38.2 Å². The molecule has 1 fully saturated rings. The number of amides is 2. The summed E-state index contributed by atoms with van der Waals surface area (Å²) in [6.45, 7) is 2.61. The molecule has 6 rings (SSSR count). The molecule has 2 heterocycles. The first kappa shape index (κ1) is 39.8. The van der Waals surface area contributed by atoms with Gasteiger partial charge in [0.05, 0.1) is 54.9 Å². The second kappa shape index (κ2) is 17.3. The zero-order chi connectivity index (χ0) is 38.5. The molecule has 2 aliphatic rings. The van der Waals surface area contributed by atoms with Crippen LogP contribution < -0.4 is 19.5 Å². The number of piperidine rings is 1. The van der Waals surface area contributed by atoms with Crippen molar-refractivity contribution in [3.05, 3.63) is 117 Å². The molecule has 4 aromatic rings. The van der Waals surface area contributed by atoms with Crippen LogP contribution >= 0.6 is 23.2 Å². The number of nitrogens with one attached hydrogen (secondary N) is 1. The van der Waals surface area contributed by atoms with Gasteiger partial charge < -0.3 is 34.1 Å². The summed E-state index contributed by atoms with van der Waals surface area (Å²) in [5, 5.41) is 3.58. The Labute approximate surface area is 329 Å². The van der Waals surface area contributed by atoms with E-state index in [0.29, 0.717) is 51.6 Å². The van der Waals surface area contributed by atoms with Crippen LogP contribution in [0.5, 0.6) is 17.2 Å². The number of rotatable bonds is 14. The van der Waals surface area contributed by atoms with E-state index in [1.807, 2.05) is 30.3 Å². The number of likely N-dealkylation sites (tertiary alicyclic amines) is 1. The summed E-state index contributed by atoms with van der Waals surface area (Å²) in [6.07, 6.45) is 2.83. The van der Waals surface area contributed by atoms with Crippen LogP contribution in [0, 0.1) is 5.82 Å². The zero-order valence-electron chi connectivity index (χ0n) is 31.0. The Bertz CT molecular complexity index is 1970. The molecular formula is C41H46Cl2FN3O6S. The van der Waals surface area contributed by atoms with Crippen molar-refractivity contribution in [2.75, 3.05) is 59.9 Å². The Hall–Kier alpha value is -3.87. The Balaban J connectivity index is 1.27. The fraction of sp³-hybridized carbons (Fsp3) is 0.390. The van der Waals surface area contributed by atoms with Crippen LogP contribution in [0.25, 0.3) is 0 Å². The van der Waals surface area contributed by atoms with Crippen molar-refractivity contribution >= 4 is 45.7 Å². The first-order valence-electron chi connectivity index (χ1n) is 17.9. The number of hydrogen-bond donors (Lipinski definition) is 1. The van der Waals surface area contributed by atoms with Gasteiger partial charge in [0, 0.05) is 29.3 Å². The van der Waals surface area contributed by atoms with E-state index >= 15 is 0 Å². The molecule has 1 N–H and O–H groups in total. The maximum atomic E-state index is 14.2. The molecule has 1 saturated heterocycles. The molecule has 54 heavy (non-hydrogen) atoms. The number of anilines is 1. The summed E-state index contributed by atoms with van der Waals surface area (Å²) < 4.78 is 50.4. The highest BCUT2D eigenvalue weighted by molar-refractivity contribution is 7.85. The molecule has 0 aliphatic carbocycles. The molecule has 4 aromatic carbocycles. The molecule has 288 valence electrons. The molecule has 0 aromatic heterocycles. The van der Waals surface area contributed by atoms with E-state index in [9.17, 15) is 13.4 Å². The van der Waals surface area contributed by atoms with Gasteiger partial charge >= 0.3 is 6.03 Å². The monoisotopic (exact) mass is 797 g/mol. The molecule has 1 spiro atoms. The van der Waals surface area contributed by atoms with E-state index in [4.69, 9.17) is 42.1 Å². The summed E-state index contributed by atoms with van der Waals surface area (Å²) in [4.78, 5) is 18.1. The number of methoxy groups -OCH3 is 3. The molecule has 2 amide bonds. The number of ether oxygens (including phenoxy) is 4. The third-order valence-corrected chi connectivity index (χ3v) is 13.6. The second-order valence-corrected chi connectivity index (χ2v) is 16.3. The van der Waals surface area contributed by atoms with E-state index in [0.717, 1.165) is 43.6 Å². The number of halogens is 3. The SMILES string of the molecule is COc1cc(COCC(CCCN2CCC3(CC2)c2ccccc2CS3=O)(c2ccc(Cl)c(Cl)c2)N(C)C(=O)Nc2cccc(F)c2)cc(OC)c1OC. The zero-order valence-corrected chi connectivity index (χ0v) is 33.3. The minimum atomic E-state index is -1.05. The first-order chi connectivity index (χ1) is 26.0. The minimum absolute atomic E-state index is 0.0770. The lowest BCUT2D eigenvalue weighted by atomic mass is 9.83. The lowest BCUT2D eigenvalue weighted by molar-refractivity contribution is 0.00500. The Kier molecular flexibility index (Phi) is 12.7. The molecular weight excluding hydrogens is 752 g/mol. The highest BCUT2D eigenvalue weighted by atomic mass is 35.5. The van der Waals surface area contributed by atoms with E-state index in [2.05, 4.69) is 22.3 Å². The maximum Gasteiger partial charge on any atom is 0.322 e. The maximum absolute atomic E-state index is 14.2. The molecule has 13 heteroatoms. The molecule has 0 radical (unpaired) electrons. The predicted octanol–water partition coefficient (Wildman–Crippen LogP) is 8.77. The molecule has 9 nitrogen and oxygen atoms in total. The Morgan fingerprint density at radius 2 is 1.67 bits per heavy atom. The lowest BCUT2D eigenvalue weighted by Gasteiger charge is -2.43. The molecule has 0 saturated carbocycles. The van der Waals surface area contributed by atoms with Gasteiger partial charge in [-0.15, -0.1) is 0 Å². The smallest absolute Gasteiger partial charge is 0.322 e. The summed E-state index contributed by atoms with van der Waals surface area (Å²) in [5.74, 6) is 1.60. The summed E-state index contributed by atoms with van der Waals surface area (Å²) in [5.41, 5.74) is 3.21. The highest BCUT2D eigenvalue weighted by Crippen LogP contribution is 2.47. The number of urea groups is 1. The van der Waals surface area contributed by atoms with Crippen LogP contribution in [0.3, 0.4) is 0 Å². The van der Waals surface area contributed by atoms with Crippen LogP contribution in [0.15, 0.2) is 78.9 Å². The van der Waals surface area contributed by atoms with Crippen molar-refractivity contribution in [3.63, 3.8) is 0 Å². The van der Waals surface area contributed by atoms with Gasteiger partial charge in [0.1, 0.15) is 5.82 Å². The molecule has 2 atom stereocenters. The third-order valence-electron chi connectivity index (χ3n) is 10.8. The Morgan fingerprint density at radius 3 is 2.33 bits per heavy atom. The third kappa shape index (κ3) is 8.21. The number of likely N-dealkylation sites (N-methyl/N-ethyl adjacent to an activating group) is 1. The molecule has 0 bridgehead atoms. The van der Waals surface area contributed by atoms with Crippen molar-refractivity contribution in [2.45, 2.75) is 48.3 Å². The summed E-state index contributed by atoms with van der Waals surface area (Å²) in [7, 11) is 5.41. The van der Waals surface area contributed by atoms with E-state index in [-0.39, 0.29) is 18.0 Å². The van der Waals surface area contributed by atoms with E-state index in [1.54, 1.807) is 57.5 Å². The van der Waals surface area contributed by atoms with E-state index < -0.39 is 28.2 Å². The van der Waals surface area contributed by atoms with Crippen molar-refractivity contribution < 1.29 is 32.3 Å². The van der Waals surface area contributed by atoms with Gasteiger partial charge in [-0.25, -0.2) is 9.18 Å². The number of benzene rings is 4. The van der Waals surface area contributed by atoms with Gasteiger partial charge in [0.25, 0.3) is 0 Å². The van der Waals surface area contributed by atoms with Gasteiger partial charge in [0.2, 0.25) is 5.75 Å². The van der Waals surface area contributed by atoms with E-state index in [1.165, 1.54) is 23.3 Å². The largest absolute Gasteiger partial charge is 0.493 e. The van der Waals surface area contributed by atoms with Gasteiger partial charge in [-0.3, -0.25) is 4.21 Å². The molecule has 2 aliphatic heterocycles. The topological polar surface area (TPSA) is 89.6 Å². The van der Waals surface area contributed by atoms with Crippen molar-refractivity contribution in [2.24, 2.45) is 0 Å². The first-order valence-corrected chi connectivity index (χ1v) is 19.9. The number of nitrogens with zero attached hydrogens (tertiary/aromatic N) is 2. The average Bonchev–Trinajstić information content (AvgIpc) is 3.44. The Morgan fingerprint density at radius 1 is 0.944 bits per heavy atom. The van der Waals surface area contributed by atoms with Gasteiger partial charge in [-0.2, -0.15) is 0 Å².